The van der Waals surface area contributed by atoms with Gasteiger partial charge in [-0.1, -0.05) is 25.7 Å². The zero-order chi connectivity index (χ0) is 13.0. The van der Waals surface area contributed by atoms with Gasteiger partial charge in [0.25, 0.3) is 0 Å². The van der Waals surface area contributed by atoms with Crippen LogP contribution in [0.4, 0.5) is 0 Å². The molecule has 0 radical (unpaired) electrons. The largest absolute Gasteiger partial charge is 0.370 e. The summed E-state index contributed by atoms with van der Waals surface area (Å²) < 4.78 is 7.35. The van der Waals surface area contributed by atoms with Crippen molar-refractivity contribution in [3.8, 4) is 0 Å². The third kappa shape index (κ3) is 2.80. The standard InChI is InChI=1S/C14H22N2O2/c1-16-10-7-12(15-16)11-13(17)14(18-2)8-5-3-4-6-9-14/h7,10H,3-6,8-9,11H2,1-2H3. The van der Waals surface area contributed by atoms with E-state index in [9.17, 15) is 4.79 Å². The molecule has 100 valence electrons. The smallest absolute Gasteiger partial charge is 0.170 e. The monoisotopic (exact) mass is 250 g/mol. The van der Waals surface area contributed by atoms with Crippen LogP contribution >= 0.6 is 0 Å². The lowest BCUT2D eigenvalue weighted by molar-refractivity contribution is -0.142. The molecule has 0 saturated heterocycles. The van der Waals surface area contributed by atoms with Gasteiger partial charge in [-0.05, 0) is 18.9 Å². The van der Waals surface area contributed by atoms with Crippen molar-refractivity contribution in [2.45, 2.75) is 50.5 Å². The molecule has 0 N–H and O–H groups in total. The first-order chi connectivity index (χ1) is 8.66. The van der Waals surface area contributed by atoms with Gasteiger partial charge in [0.1, 0.15) is 5.60 Å². The number of Topliss-reactive ketones (excluding diaryl/α,β-unsaturated/α-hetero) is 1. The molecule has 0 aromatic carbocycles. The van der Waals surface area contributed by atoms with E-state index in [1.54, 1.807) is 11.8 Å². The fraction of sp³-hybridized carbons (Fsp3) is 0.714. The van der Waals surface area contributed by atoms with Crippen molar-refractivity contribution in [1.29, 1.82) is 0 Å². The quantitative estimate of drug-likeness (QED) is 0.770. The first-order valence-electron chi connectivity index (χ1n) is 6.73. The molecule has 0 atom stereocenters. The first kappa shape index (κ1) is 13.3. The van der Waals surface area contributed by atoms with Crippen LogP contribution in [-0.4, -0.2) is 28.3 Å². The summed E-state index contributed by atoms with van der Waals surface area (Å²) in [5.41, 5.74) is 0.275. The molecule has 0 spiro atoms. The Kier molecular flexibility index (Phi) is 4.17. The third-order valence-corrected chi connectivity index (χ3v) is 3.92. The second-order valence-electron chi connectivity index (χ2n) is 5.19. The number of hydrogen-bond acceptors (Lipinski definition) is 3. The van der Waals surface area contributed by atoms with Gasteiger partial charge < -0.3 is 4.74 Å². The predicted molar refractivity (Wildman–Crippen MR) is 69.4 cm³/mol. The van der Waals surface area contributed by atoms with Crippen molar-refractivity contribution in [3.05, 3.63) is 18.0 Å². The highest BCUT2D eigenvalue weighted by molar-refractivity contribution is 5.89. The summed E-state index contributed by atoms with van der Waals surface area (Å²) in [5, 5.41) is 4.27. The highest BCUT2D eigenvalue weighted by Gasteiger charge is 2.38. The van der Waals surface area contributed by atoms with Crippen molar-refractivity contribution in [1.82, 2.24) is 9.78 Å². The van der Waals surface area contributed by atoms with Crippen molar-refractivity contribution in [2.24, 2.45) is 7.05 Å². The molecule has 0 bridgehead atoms. The van der Waals surface area contributed by atoms with Crippen molar-refractivity contribution in [2.75, 3.05) is 7.11 Å². The highest BCUT2D eigenvalue weighted by atomic mass is 16.5. The number of methoxy groups -OCH3 is 1. The molecule has 1 aliphatic rings. The number of aryl methyl sites for hydroxylation is 1. The maximum Gasteiger partial charge on any atom is 0.170 e. The van der Waals surface area contributed by atoms with Crippen molar-refractivity contribution >= 4 is 5.78 Å². The maximum absolute atomic E-state index is 12.5. The second kappa shape index (κ2) is 5.65. The highest BCUT2D eigenvalue weighted by Crippen LogP contribution is 2.31. The van der Waals surface area contributed by atoms with Gasteiger partial charge in [0, 0.05) is 20.4 Å². The summed E-state index contributed by atoms with van der Waals surface area (Å²) in [5.74, 6) is 0.186. The zero-order valence-corrected chi connectivity index (χ0v) is 11.3. The van der Waals surface area contributed by atoms with E-state index in [0.717, 1.165) is 31.4 Å². The van der Waals surface area contributed by atoms with Crippen LogP contribution in [0.3, 0.4) is 0 Å². The molecular weight excluding hydrogens is 228 g/mol. The van der Waals surface area contributed by atoms with E-state index >= 15 is 0 Å². The van der Waals surface area contributed by atoms with Crippen LogP contribution in [0.5, 0.6) is 0 Å². The van der Waals surface area contributed by atoms with Crippen LogP contribution in [0.2, 0.25) is 0 Å². The third-order valence-electron chi connectivity index (χ3n) is 3.92. The van der Waals surface area contributed by atoms with E-state index in [1.807, 2.05) is 19.3 Å². The van der Waals surface area contributed by atoms with Gasteiger partial charge >= 0.3 is 0 Å². The van der Waals surface area contributed by atoms with Gasteiger partial charge in [-0.2, -0.15) is 5.10 Å². The normalized spacial score (nSPS) is 19.4. The Hall–Kier alpha value is -1.16. The molecule has 1 aromatic heterocycles. The van der Waals surface area contributed by atoms with Gasteiger partial charge in [0.15, 0.2) is 5.78 Å². The summed E-state index contributed by atoms with van der Waals surface area (Å²) >= 11 is 0. The molecule has 4 nitrogen and oxygen atoms in total. The van der Waals surface area contributed by atoms with E-state index in [4.69, 9.17) is 4.74 Å². The van der Waals surface area contributed by atoms with E-state index in [0.29, 0.717) is 6.42 Å². The van der Waals surface area contributed by atoms with E-state index < -0.39 is 5.60 Å². The van der Waals surface area contributed by atoms with Gasteiger partial charge in [0.05, 0.1) is 12.1 Å². The lowest BCUT2D eigenvalue weighted by atomic mass is 9.87. The van der Waals surface area contributed by atoms with Crippen LogP contribution in [0.25, 0.3) is 0 Å². The number of rotatable bonds is 4. The summed E-state index contributed by atoms with van der Waals surface area (Å²) in [6.07, 6.45) is 8.56. The molecule has 1 aromatic rings. The number of ketones is 1. The number of hydrogen-bond donors (Lipinski definition) is 0. The fourth-order valence-electron chi connectivity index (χ4n) is 2.78. The number of ether oxygens (including phenoxy) is 1. The Labute approximate surface area is 108 Å². The lowest BCUT2D eigenvalue weighted by Crippen LogP contribution is -2.41. The Balaban J connectivity index is 2.08. The number of nitrogens with zero attached hydrogens (tertiary/aromatic N) is 2. The zero-order valence-electron chi connectivity index (χ0n) is 11.3. The average Bonchev–Trinajstić information content (AvgIpc) is 2.65. The molecule has 1 heterocycles. The maximum atomic E-state index is 12.5. The second-order valence-corrected chi connectivity index (χ2v) is 5.19. The molecule has 0 amide bonds. The van der Waals surface area contributed by atoms with E-state index in [1.165, 1.54) is 12.8 Å². The SMILES string of the molecule is COC1(C(=O)Cc2ccn(C)n2)CCCCCC1. The topological polar surface area (TPSA) is 44.1 Å². The molecule has 0 unspecified atom stereocenters. The van der Waals surface area contributed by atoms with Crippen LogP contribution in [0, 0.1) is 0 Å². The van der Waals surface area contributed by atoms with Crippen LogP contribution in [0.1, 0.15) is 44.2 Å². The van der Waals surface area contributed by atoms with E-state index in [2.05, 4.69) is 5.10 Å². The Bertz CT molecular complexity index is 404. The molecular formula is C14H22N2O2. The Morgan fingerprint density at radius 2 is 2.06 bits per heavy atom. The minimum absolute atomic E-state index is 0.186. The first-order valence-corrected chi connectivity index (χ1v) is 6.73. The average molecular weight is 250 g/mol. The minimum atomic E-state index is -0.561. The molecule has 1 fully saturated rings. The number of carbonyl (C=O) groups is 1. The fourth-order valence-corrected chi connectivity index (χ4v) is 2.78. The van der Waals surface area contributed by atoms with Gasteiger partial charge in [-0.3, -0.25) is 9.48 Å². The molecule has 1 saturated carbocycles. The molecule has 0 aliphatic heterocycles. The summed E-state index contributed by atoms with van der Waals surface area (Å²) in [6.45, 7) is 0. The lowest BCUT2D eigenvalue weighted by Gasteiger charge is -2.29. The minimum Gasteiger partial charge on any atom is -0.370 e. The Morgan fingerprint density at radius 1 is 1.39 bits per heavy atom. The number of aromatic nitrogens is 2. The summed E-state index contributed by atoms with van der Waals surface area (Å²) in [7, 11) is 3.54. The molecule has 18 heavy (non-hydrogen) atoms. The van der Waals surface area contributed by atoms with Crippen LogP contribution in [-0.2, 0) is 23.0 Å². The molecule has 2 rings (SSSR count). The van der Waals surface area contributed by atoms with Crippen molar-refractivity contribution in [3.63, 3.8) is 0 Å². The molecule has 1 aliphatic carbocycles. The van der Waals surface area contributed by atoms with Gasteiger partial charge in [-0.25, -0.2) is 0 Å². The van der Waals surface area contributed by atoms with Gasteiger partial charge in [-0.15, -0.1) is 0 Å². The van der Waals surface area contributed by atoms with Gasteiger partial charge in [0.2, 0.25) is 0 Å². The number of carbonyl (C=O) groups excluding carboxylic acids is 1. The van der Waals surface area contributed by atoms with Crippen molar-refractivity contribution < 1.29 is 9.53 Å². The van der Waals surface area contributed by atoms with Crippen LogP contribution in [0.15, 0.2) is 12.3 Å². The van der Waals surface area contributed by atoms with E-state index in [-0.39, 0.29) is 5.78 Å². The van der Waals surface area contributed by atoms with Crippen LogP contribution < -0.4 is 0 Å². The predicted octanol–water partition coefficient (Wildman–Crippen LogP) is 2.27. The Morgan fingerprint density at radius 3 is 2.56 bits per heavy atom. The summed E-state index contributed by atoms with van der Waals surface area (Å²) in [6, 6.07) is 1.90. The summed E-state index contributed by atoms with van der Waals surface area (Å²) in [4.78, 5) is 12.5. The molecule has 4 heteroatoms.